The predicted octanol–water partition coefficient (Wildman–Crippen LogP) is 5.12. The summed E-state index contributed by atoms with van der Waals surface area (Å²) in [7, 11) is 0. The Hall–Kier alpha value is -2.65. The summed E-state index contributed by atoms with van der Waals surface area (Å²) in [6.45, 7) is 3.25. The third-order valence-electron chi connectivity index (χ3n) is 5.88. The average Bonchev–Trinajstić information content (AvgIpc) is 3.31. The van der Waals surface area contributed by atoms with E-state index in [1.165, 1.54) is 17.5 Å². The monoisotopic (exact) mass is 496 g/mol. The Morgan fingerprint density at radius 2 is 1.85 bits per heavy atom. The van der Waals surface area contributed by atoms with E-state index in [4.69, 9.17) is 11.6 Å². The molecule has 1 aromatic heterocycles. The van der Waals surface area contributed by atoms with Crippen LogP contribution in [-0.4, -0.2) is 34.2 Å². The summed E-state index contributed by atoms with van der Waals surface area (Å²) >= 11 is 7.15. The van der Waals surface area contributed by atoms with Gasteiger partial charge in [0.05, 0.1) is 17.0 Å². The van der Waals surface area contributed by atoms with Crippen LogP contribution in [0.2, 0.25) is 5.02 Å². The number of hydrogen-bond donors (Lipinski definition) is 1. The molecule has 4 rings (SSSR count). The van der Waals surface area contributed by atoms with Crippen molar-refractivity contribution < 1.29 is 27.6 Å². The van der Waals surface area contributed by atoms with Crippen LogP contribution in [0.3, 0.4) is 0 Å². The smallest absolute Gasteiger partial charge is 0.326 e. The van der Waals surface area contributed by atoms with E-state index in [9.17, 15) is 27.6 Å². The second kappa shape index (κ2) is 7.99. The van der Waals surface area contributed by atoms with E-state index < -0.39 is 40.3 Å². The lowest BCUT2D eigenvalue weighted by Crippen LogP contribution is -2.66. The molecular weight excluding hydrogens is 477 g/mol. The highest BCUT2D eigenvalue weighted by molar-refractivity contribution is 7.12. The second-order valence-electron chi connectivity index (χ2n) is 8.92. The number of amides is 2. The summed E-state index contributed by atoms with van der Waals surface area (Å²) in [5.74, 6) is -3.28. The van der Waals surface area contributed by atoms with Crippen molar-refractivity contribution in [2.75, 3.05) is 0 Å². The molecule has 1 aliphatic carbocycles. The number of benzene rings is 1. The molecule has 2 amide bonds. The first-order valence-electron chi connectivity index (χ1n) is 10.1. The van der Waals surface area contributed by atoms with Gasteiger partial charge in [-0.1, -0.05) is 49.7 Å². The minimum absolute atomic E-state index is 0.00159. The maximum Gasteiger partial charge on any atom is 0.425 e. The number of carbonyl (C=O) groups excluding carboxylic acids is 3. The van der Waals surface area contributed by atoms with Crippen molar-refractivity contribution in [3.8, 4) is 0 Å². The number of rotatable bonds is 4. The molecule has 2 heterocycles. The molecule has 0 saturated carbocycles. The van der Waals surface area contributed by atoms with Crippen LogP contribution in [0, 0.1) is 5.41 Å². The van der Waals surface area contributed by atoms with Gasteiger partial charge in [-0.3, -0.25) is 14.4 Å². The minimum Gasteiger partial charge on any atom is -0.326 e. The third kappa shape index (κ3) is 3.87. The topological polar surface area (TPSA) is 66.5 Å². The first-order valence-corrected chi connectivity index (χ1v) is 11.4. The van der Waals surface area contributed by atoms with Gasteiger partial charge in [-0.05, 0) is 34.9 Å². The van der Waals surface area contributed by atoms with Gasteiger partial charge in [0.25, 0.3) is 11.8 Å². The molecule has 0 saturated heterocycles. The lowest BCUT2D eigenvalue weighted by atomic mass is 9.72. The normalized spacial score (nSPS) is 22.5. The number of ketones is 1. The molecule has 1 aromatic carbocycles. The molecular formula is C23H20ClF3N2O3S. The van der Waals surface area contributed by atoms with E-state index in [0.717, 1.165) is 16.2 Å². The Morgan fingerprint density at radius 3 is 2.45 bits per heavy atom. The highest BCUT2D eigenvalue weighted by atomic mass is 35.5. The summed E-state index contributed by atoms with van der Waals surface area (Å²) in [5, 5.41) is 3.73. The largest absolute Gasteiger partial charge is 0.425 e. The number of thiophene rings is 1. The molecule has 0 radical (unpaired) electrons. The molecule has 174 valence electrons. The zero-order valence-corrected chi connectivity index (χ0v) is 19.3. The number of nitrogens with zero attached hydrogens (tertiary/aromatic N) is 1. The Labute approximate surface area is 197 Å². The number of alkyl halides is 3. The summed E-state index contributed by atoms with van der Waals surface area (Å²) in [6.07, 6.45) is -5.35. The van der Waals surface area contributed by atoms with E-state index in [1.807, 2.05) is 5.32 Å². The van der Waals surface area contributed by atoms with E-state index >= 15 is 0 Å². The Bertz CT molecular complexity index is 1170. The Balaban J connectivity index is 1.89. The molecule has 1 atom stereocenters. The lowest BCUT2D eigenvalue weighted by molar-refractivity contribution is -0.190. The Kier molecular flexibility index (Phi) is 5.69. The summed E-state index contributed by atoms with van der Waals surface area (Å²) in [6, 6.07) is 9.35. The van der Waals surface area contributed by atoms with Gasteiger partial charge < -0.3 is 10.2 Å². The summed E-state index contributed by atoms with van der Waals surface area (Å²) in [4.78, 5) is 40.4. The lowest BCUT2D eigenvalue weighted by Gasteiger charge is -2.35. The van der Waals surface area contributed by atoms with Crippen molar-refractivity contribution in [3.63, 3.8) is 0 Å². The van der Waals surface area contributed by atoms with Gasteiger partial charge in [0, 0.05) is 17.1 Å². The second-order valence-corrected chi connectivity index (χ2v) is 10.3. The van der Waals surface area contributed by atoms with Crippen molar-refractivity contribution >= 4 is 40.5 Å². The highest BCUT2D eigenvalue weighted by Crippen LogP contribution is 2.52. The zero-order chi connectivity index (χ0) is 24.2. The molecule has 0 bridgehead atoms. The van der Waals surface area contributed by atoms with Gasteiger partial charge >= 0.3 is 6.18 Å². The number of carbonyl (C=O) groups is 3. The standard InChI is InChI=1S/C23H20ClF3N2O3S/c1-21(2)10-15-18(16(30)11-21)22(23(25,26)27,28-19(31)17-8-5-9-33-17)20(32)29(15)12-13-6-3-4-7-14(13)24/h3-9H,10-12H2,1-2H3,(H,28,31). The molecule has 1 aliphatic heterocycles. The van der Waals surface area contributed by atoms with Gasteiger partial charge in [-0.25, -0.2) is 0 Å². The van der Waals surface area contributed by atoms with Crippen molar-refractivity contribution in [2.45, 2.75) is 44.9 Å². The Morgan fingerprint density at radius 1 is 1.15 bits per heavy atom. The molecule has 33 heavy (non-hydrogen) atoms. The van der Waals surface area contributed by atoms with Gasteiger partial charge in [0.15, 0.2) is 5.78 Å². The molecule has 1 N–H and O–H groups in total. The van der Waals surface area contributed by atoms with Gasteiger partial charge in [-0.2, -0.15) is 13.2 Å². The van der Waals surface area contributed by atoms with Crippen molar-refractivity contribution in [1.29, 1.82) is 0 Å². The number of halogens is 4. The molecule has 5 nitrogen and oxygen atoms in total. The van der Waals surface area contributed by atoms with Gasteiger partial charge in [0.1, 0.15) is 0 Å². The van der Waals surface area contributed by atoms with Gasteiger partial charge in [-0.15, -0.1) is 11.3 Å². The van der Waals surface area contributed by atoms with Crippen molar-refractivity contribution in [3.05, 3.63) is 68.5 Å². The molecule has 2 aromatic rings. The first kappa shape index (κ1) is 23.5. The SMILES string of the molecule is CC1(C)CC(=O)C2=C(C1)N(Cc1ccccc1Cl)C(=O)C2(NC(=O)c1cccs1)C(F)(F)F. The maximum atomic E-state index is 14.7. The van der Waals surface area contributed by atoms with E-state index in [0.29, 0.717) is 5.56 Å². The molecule has 1 unspecified atom stereocenters. The van der Waals surface area contributed by atoms with Crippen LogP contribution in [-0.2, 0) is 16.1 Å². The molecule has 0 fully saturated rings. The zero-order valence-electron chi connectivity index (χ0n) is 17.8. The van der Waals surface area contributed by atoms with Crippen molar-refractivity contribution in [1.82, 2.24) is 10.2 Å². The number of allylic oxidation sites excluding steroid dienone is 1. The number of hydrogen-bond acceptors (Lipinski definition) is 4. The molecule has 10 heteroatoms. The van der Waals surface area contributed by atoms with Crippen LogP contribution < -0.4 is 5.32 Å². The van der Waals surface area contributed by atoms with E-state index in [2.05, 4.69) is 0 Å². The van der Waals surface area contributed by atoms with Crippen LogP contribution in [0.5, 0.6) is 0 Å². The van der Waals surface area contributed by atoms with Crippen LogP contribution in [0.25, 0.3) is 0 Å². The van der Waals surface area contributed by atoms with Crippen LogP contribution in [0.1, 0.15) is 41.9 Å². The predicted molar refractivity (Wildman–Crippen MR) is 118 cm³/mol. The summed E-state index contributed by atoms with van der Waals surface area (Å²) in [5.41, 5.74) is -4.41. The van der Waals surface area contributed by atoms with E-state index in [1.54, 1.807) is 38.1 Å². The quantitative estimate of drug-likeness (QED) is 0.639. The fourth-order valence-corrected chi connectivity index (χ4v) is 5.24. The van der Waals surface area contributed by atoms with Crippen LogP contribution >= 0.6 is 22.9 Å². The minimum atomic E-state index is -5.25. The highest BCUT2D eigenvalue weighted by Gasteiger charge is 2.71. The third-order valence-corrected chi connectivity index (χ3v) is 7.11. The molecule has 0 spiro atoms. The maximum absolute atomic E-state index is 14.7. The summed E-state index contributed by atoms with van der Waals surface area (Å²) < 4.78 is 44.2. The first-order chi connectivity index (χ1) is 15.4. The fourth-order valence-electron chi connectivity index (χ4n) is 4.43. The number of nitrogens with one attached hydrogen (secondary N) is 1. The number of Topliss-reactive ketones (excluding diaryl/α,β-unsaturated/α-hetero) is 1. The van der Waals surface area contributed by atoms with Gasteiger partial charge in [0.2, 0.25) is 5.54 Å². The average molecular weight is 497 g/mol. The van der Waals surface area contributed by atoms with Crippen LogP contribution in [0.4, 0.5) is 13.2 Å². The van der Waals surface area contributed by atoms with Crippen molar-refractivity contribution in [2.24, 2.45) is 5.41 Å². The molecule has 2 aliphatic rings. The van der Waals surface area contributed by atoms with Crippen LogP contribution in [0.15, 0.2) is 53.0 Å². The van der Waals surface area contributed by atoms with E-state index in [-0.39, 0.29) is 35.0 Å². The fraction of sp³-hybridized carbons (Fsp3) is 0.348.